The lowest BCUT2D eigenvalue weighted by Gasteiger charge is -2.18. The molecule has 0 aliphatic rings. The molecule has 0 saturated carbocycles. The third kappa shape index (κ3) is 57.9. The molecule has 0 aliphatic carbocycles. The number of esters is 3. The molecular weight excluding hydrogens is 877 g/mol. The van der Waals surface area contributed by atoms with Gasteiger partial charge >= 0.3 is 17.9 Å². The summed E-state index contributed by atoms with van der Waals surface area (Å²) >= 11 is 0. The van der Waals surface area contributed by atoms with E-state index in [1.807, 2.05) is 0 Å². The van der Waals surface area contributed by atoms with Crippen molar-refractivity contribution in [3.05, 3.63) is 60.8 Å². The fourth-order valence-electron chi connectivity index (χ4n) is 8.95. The molecule has 1 unspecified atom stereocenters. The van der Waals surface area contributed by atoms with Gasteiger partial charge in [-0.1, -0.05) is 300 Å². The molecule has 6 nitrogen and oxygen atoms in total. The van der Waals surface area contributed by atoms with Crippen LogP contribution in [0, 0.1) is 0 Å². The number of unbranched alkanes of at least 4 members (excludes halogenated alkanes) is 35. The largest absolute Gasteiger partial charge is 0.462 e. The minimum absolute atomic E-state index is 0.0931. The van der Waals surface area contributed by atoms with Gasteiger partial charge in [0.1, 0.15) is 13.2 Å². The molecule has 71 heavy (non-hydrogen) atoms. The second-order valence-electron chi connectivity index (χ2n) is 20.6. The quantitative estimate of drug-likeness (QED) is 0.0261. The average Bonchev–Trinajstić information content (AvgIpc) is 3.37. The number of allylic oxidation sites excluding steroid dienone is 10. The summed E-state index contributed by atoms with van der Waals surface area (Å²) in [7, 11) is 0. The van der Waals surface area contributed by atoms with Gasteiger partial charge in [0.25, 0.3) is 0 Å². The molecule has 0 aliphatic heterocycles. The topological polar surface area (TPSA) is 78.9 Å². The highest BCUT2D eigenvalue weighted by atomic mass is 16.6. The molecule has 0 radical (unpaired) electrons. The van der Waals surface area contributed by atoms with E-state index >= 15 is 0 Å². The average molecular weight is 994 g/mol. The van der Waals surface area contributed by atoms with Crippen LogP contribution in [0.4, 0.5) is 0 Å². The Labute approximate surface area is 440 Å². The Balaban J connectivity index is 4.18. The first-order valence-electron chi connectivity index (χ1n) is 30.8. The highest BCUT2D eigenvalue weighted by Gasteiger charge is 2.19. The molecule has 0 aromatic rings. The lowest BCUT2D eigenvalue weighted by Crippen LogP contribution is -2.30. The number of hydrogen-bond acceptors (Lipinski definition) is 6. The van der Waals surface area contributed by atoms with E-state index in [4.69, 9.17) is 14.2 Å². The van der Waals surface area contributed by atoms with Crippen LogP contribution in [0.5, 0.6) is 0 Å². The molecule has 412 valence electrons. The van der Waals surface area contributed by atoms with Gasteiger partial charge in [-0.2, -0.15) is 0 Å². The number of carbonyl (C=O) groups excluding carboxylic acids is 3. The smallest absolute Gasteiger partial charge is 0.306 e. The highest BCUT2D eigenvalue weighted by Crippen LogP contribution is 2.17. The van der Waals surface area contributed by atoms with Crippen LogP contribution in [0.25, 0.3) is 0 Å². The van der Waals surface area contributed by atoms with Gasteiger partial charge in [0.15, 0.2) is 6.10 Å². The van der Waals surface area contributed by atoms with Gasteiger partial charge in [-0.25, -0.2) is 0 Å². The summed E-state index contributed by atoms with van der Waals surface area (Å²) in [5.74, 6) is -0.941. The molecule has 0 saturated heterocycles. The summed E-state index contributed by atoms with van der Waals surface area (Å²) in [6.45, 7) is 6.50. The van der Waals surface area contributed by atoms with E-state index in [1.165, 1.54) is 193 Å². The summed E-state index contributed by atoms with van der Waals surface area (Å²) in [4.78, 5) is 38.1. The highest BCUT2D eigenvalue weighted by molar-refractivity contribution is 5.71. The van der Waals surface area contributed by atoms with Crippen molar-refractivity contribution in [2.45, 2.75) is 322 Å². The summed E-state index contributed by atoms with van der Waals surface area (Å²) in [6, 6.07) is 0. The zero-order chi connectivity index (χ0) is 51.4. The van der Waals surface area contributed by atoms with E-state index in [9.17, 15) is 14.4 Å². The van der Waals surface area contributed by atoms with Gasteiger partial charge < -0.3 is 14.2 Å². The lowest BCUT2D eigenvalue weighted by molar-refractivity contribution is -0.167. The lowest BCUT2D eigenvalue weighted by atomic mass is 10.0. The van der Waals surface area contributed by atoms with Gasteiger partial charge in [-0.3, -0.25) is 14.4 Å². The Kier molecular flexibility index (Phi) is 57.2. The van der Waals surface area contributed by atoms with Crippen LogP contribution in [0.2, 0.25) is 0 Å². The van der Waals surface area contributed by atoms with Gasteiger partial charge in [0.2, 0.25) is 0 Å². The van der Waals surface area contributed by atoms with Gasteiger partial charge in [0, 0.05) is 19.3 Å². The van der Waals surface area contributed by atoms with Crippen molar-refractivity contribution < 1.29 is 28.6 Å². The van der Waals surface area contributed by atoms with E-state index in [2.05, 4.69) is 81.5 Å². The first-order chi connectivity index (χ1) is 35.0. The Morgan fingerprint density at radius 1 is 0.296 bits per heavy atom. The fourth-order valence-corrected chi connectivity index (χ4v) is 8.95. The standard InChI is InChI=1S/C65H116O6/c1-4-7-10-13-16-19-21-23-25-27-28-29-30-31-32-33-34-35-36-38-39-41-43-46-49-52-55-58-64(67)70-61-62(60-69-63(66)57-54-51-48-45-18-15-12-9-6-3)71-65(68)59-56-53-50-47-44-42-40-37-26-24-22-20-17-14-11-8-5-2/h8,11,17,20,24,26,40,42,47,50,62H,4-7,9-10,12-16,18-19,21-23,25,27-39,41,43-46,48-49,51-61H2,1-3H3/b11-8-,20-17-,26-24-,42-40-,50-47-. The van der Waals surface area contributed by atoms with Crippen LogP contribution in [-0.2, 0) is 28.6 Å². The van der Waals surface area contributed by atoms with Crippen molar-refractivity contribution in [1.29, 1.82) is 0 Å². The zero-order valence-corrected chi connectivity index (χ0v) is 47.2. The van der Waals surface area contributed by atoms with Crippen molar-refractivity contribution in [2.24, 2.45) is 0 Å². The molecule has 0 aromatic heterocycles. The molecule has 0 amide bonds. The molecular formula is C65H116O6. The Bertz CT molecular complexity index is 1280. The Morgan fingerprint density at radius 2 is 0.549 bits per heavy atom. The Morgan fingerprint density at radius 3 is 0.845 bits per heavy atom. The number of rotatable bonds is 56. The normalized spacial score (nSPS) is 12.4. The fraction of sp³-hybridized carbons (Fsp3) is 0.800. The summed E-state index contributed by atoms with van der Waals surface area (Å²) < 4.78 is 16.8. The maximum Gasteiger partial charge on any atom is 0.306 e. The van der Waals surface area contributed by atoms with Gasteiger partial charge in [0.05, 0.1) is 0 Å². The summed E-state index contributed by atoms with van der Waals surface area (Å²) in [6.07, 6.45) is 75.4. The maximum atomic E-state index is 12.8. The first kappa shape index (κ1) is 68.1. The van der Waals surface area contributed by atoms with Crippen molar-refractivity contribution in [1.82, 2.24) is 0 Å². The molecule has 0 heterocycles. The second-order valence-corrected chi connectivity index (χ2v) is 20.6. The predicted molar refractivity (Wildman–Crippen MR) is 307 cm³/mol. The van der Waals surface area contributed by atoms with E-state index < -0.39 is 6.10 Å². The monoisotopic (exact) mass is 993 g/mol. The summed E-state index contributed by atoms with van der Waals surface area (Å²) in [5.41, 5.74) is 0. The van der Waals surface area contributed by atoms with Crippen molar-refractivity contribution in [3.8, 4) is 0 Å². The third-order valence-electron chi connectivity index (χ3n) is 13.5. The van der Waals surface area contributed by atoms with Crippen LogP contribution in [0.15, 0.2) is 60.8 Å². The molecule has 0 aromatic carbocycles. The molecule has 0 fully saturated rings. The minimum Gasteiger partial charge on any atom is -0.462 e. The number of hydrogen-bond donors (Lipinski definition) is 0. The molecule has 1 atom stereocenters. The number of carbonyl (C=O) groups is 3. The first-order valence-corrected chi connectivity index (χ1v) is 30.8. The molecule has 6 heteroatoms. The second kappa shape index (κ2) is 59.7. The SMILES string of the molecule is CC/C=C\C/C=C\C/C=C\C/C=C\C/C=C\CCCC(=O)OC(COC(=O)CCCCCCCCCCC)COC(=O)CCCCCCCCCCCCCCCCCCCCCCCCCCCCC. The van der Waals surface area contributed by atoms with E-state index in [0.29, 0.717) is 19.3 Å². The van der Waals surface area contributed by atoms with Crippen LogP contribution in [0.1, 0.15) is 316 Å². The summed E-state index contributed by atoms with van der Waals surface area (Å²) in [5, 5.41) is 0. The Hall–Kier alpha value is -2.89. The maximum absolute atomic E-state index is 12.8. The van der Waals surface area contributed by atoms with E-state index in [0.717, 1.165) is 77.0 Å². The van der Waals surface area contributed by atoms with Crippen LogP contribution in [-0.4, -0.2) is 37.2 Å². The minimum atomic E-state index is -0.800. The zero-order valence-electron chi connectivity index (χ0n) is 47.2. The molecule has 0 N–H and O–H groups in total. The van der Waals surface area contributed by atoms with Crippen molar-refractivity contribution >= 4 is 17.9 Å². The van der Waals surface area contributed by atoms with Crippen molar-refractivity contribution in [3.63, 3.8) is 0 Å². The van der Waals surface area contributed by atoms with E-state index in [1.54, 1.807) is 0 Å². The van der Waals surface area contributed by atoms with Gasteiger partial charge in [-0.15, -0.1) is 0 Å². The predicted octanol–water partition coefficient (Wildman–Crippen LogP) is 20.8. The van der Waals surface area contributed by atoms with Crippen molar-refractivity contribution in [2.75, 3.05) is 13.2 Å². The van der Waals surface area contributed by atoms with E-state index in [-0.39, 0.29) is 37.5 Å². The van der Waals surface area contributed by atoms with Crippen LogP contribution in [0.3, 0.4) is 0 Å². The number of ether oxygens (including phenoxy) is 3. The molecule has 0 rings (SSSR count). The van der Waals surface area contributed by atoms with Crippen LogP contribution >= 0.6 is 0 Å². The third-order valence-corrected chi connectivity index (χ3v) is 13.5. The van der Waals surface area contributed by atoms with Crippen LogP contribution < -0.4 is 0 Å². The molecule has 0 bridgehead atoms. The molecule has 0 spiro atoms. The van der Waals surface area contributed by atoms with Gasteiger partial charge in [-0.05, 0) is 57.8 Å².